The molecular formula is C19H18N4O. The van der Waals surface area contributed by atoms with Gasteiger partial charge < -0.3 is 15.0 Å². The Morgan fingerprint density at radius 1 is 1.08 bits per heavy atom. The van der Waals surface area contributed by atoms with E-state index in [1.165, 1.54) is 0 Å². The van der Waals surface area contributed by atoms with E-state index in [1.54, 1.807) is 6.33 Å². The fourth-order valence-corrected chi connectivity index (χ4v) is 2.73. The van der Waals surface area contributed by atoms with Crippen molar-refractivity contribution in [1.82, 2.24) is 15.0 Å². The van der Waals surface area contributed by atoms with E-state index >= 15 is 0 Å². The Balaban J connectivity index is 1.79. The molecule has 2 aromatic heterocycles. The van der Waals surface area contributed by atoms with Crippen LogP contribution in [0.4, 0.5) is 11.5 Å². The normalized spacial score (nSPS) is 11.0. The van der Waals surface area contributed by atoms with Crippen molar-refractivity contribution in [3.63, 3.8) is 0 Å². The molecule has 24 heavy (non-hydrogen) atoms. The number of hydrogen-bond acceptors (Lipinski definition) is 4. The number of para-hydroxylation sites is 1. The van der Waals surface area contributed by atoms with Gasteiger partial charge in [-0.1, -0.05) is 25.1 Å². The summed E-state index contributed by atoms with van der Waals surface area (Å²) < 4.78 is 5.73. The van der Waals surface area contributed by atoms with Crippen molar-refractivity contribution in [3.05, 3.63) is 54.9 Å². The number of H-pyrrole nitrogens is 1. The quantitative estimate of drug-likeness (QED) is 0.562. The van der Waals surface area contributed by atoms with E-state index in [4.69, 9.17) is 4.74 Å². The first kappa shape index (κ1) is 14.5. The van der Waals surface area contributed by atoms with Gasteiger partial charge in [0.25, 0.3) is 0 Å². The predicted octanol–water partition coefficient (Wildman–Crippen LogP) is 4.64. The van der Waals surface area contributed by atoms with Crippen LogP contribution >= 0.6 is 0 Å². The molecule has 5 nitrogen and oxygen atoms in total. The van der Waals surface area contributed by atoms with Crippen LogP contribution in [0, 0.1) is 0 Å². The second kappa shape index (κ2) is 6.20. The number of ether oxygens (including phenoxy) is 1. The first-order chi connectivity index (χ1) is 11.8. The molecule has 5 heteroatoms. The van der Waals surface area contributed by atoms with Gasteiger partial charge in [0.05, 0.1) is 6.61 Å². The Labute approximate surface area is 139 Å². The van der Waals surface area contributed by atoms with Gasteiger partial charge in [-0.15, -0.1) is 0 Å². The average molecular weight is 318 g/mol. The summed E-state index contributed by atoms with van der Waals surface area (Å²) in [6, 6.07) is 16.0. The van der Waals surface area contributed by atoms with Gasteiger partial charge >= 0.3 is 0 Å². The molecule has 0 unspecified atom stereocenters. The highest BCUT2D eigenvalue weighted by Gasteiger charge is 2.11. The third-order valence-electron chi connectivity index (χ3n) is 3.86. The van der Waals surface area contributed by atoms with Gasteiger partial charge in [-0.3, -0.25) is 0 Å². The summed E-state index contributed by atoms with van der Waals surface area (Å²) in [5, 5.41) is 4.38. The molecular weight excluding hydrogens is 300 g/mol. The zero-order chi connectivity index (χ0) is 16.4. The second-order valence-electron chi connectivity index (χ2n) is 5.62. The van der Waals surface area contributed by atoms with Crippen molar-refractivity contribution in [2.75, 3.05) is 11.9 Å². The number of anilines is 2. The Morgan fingerprint density at radius 2 is 1.96 bits per heavy atom. The molecule has 0 spiro atoms. The predicted molar refractivity (Wildman–Crippen MR) is 96.9 cm³/mol. The number of rotatable bonds is 5. The van der Waals surface area contributed by atoms with Crippen LogP contribution in [0.5, 0.6) is 5.75 Å². The molecule has 4 rings (SSSR count). The summed E-state index contributed by atoms with van der Waals surface area (Å²) in [5.41, 5.74) is 3.79. The lowest BCUT2D eigenvalue weighted by molar-refractivity contribution is 0.318. The molecule has 0 fully saturated rings. The first-order valence-corrected chi connectivity index (χ1v) is 8.06. The van der Waals surface area contributed by atoms with E-state index in [0.29, 0.717) is 6.61 Å². The van der Waals surface area contributed by atoms with Crippen molar-refractivity contribution < 1.29 is 4.74 Å². The van der Waals surface area contributed by atoms with Crippen LogP contribution in [0.2, 0.25) is 0 Å². The highest BCUT2D eigenvalue weighted by Crippen LogP contribution is 2.31. The summed E-state index contributed by atoms with van der Waals surface area (Å²) in [7, 11) is 0. The number of benzene rings is 2. The molecule has 0 atom stereocenters. The summed E-state index contributed by atoms with van der Waals surface area (Å²) in [6.45, 7) is 2.81. The number of aromatic amines is 1. The molecule has 120 valence electrons. The van der Waals surface area contributed by atoms with Crippen LogP contribution in [0.25, 0.3) is 21.9 Å². The Hall–Kier alpha value is -3.08. The molecule has 2 aromatic carbocycles. The van der Waals surface area contributed by atoms with Gasteiger partial charge in [-0.2, -0.15) is 0 Å². The molecule has 0 aliphatic carbocycles. The van der Waals surface area contributed by atoms with Gasteiger partial charge in [0.15, 0.2) is 5.82 Å². The molecule has 0 amide bonds. The zero-order valence-corrected chi connectivity index (χ0v) is 13.4. The van der Waals surface area contributed by atoms with Crippen LogP contribution in [-0.2, 0) is 0 Å². The minimum absolute atomic E-state index is 0.712. The van der Waals surface area contributed by atoms with E-state index in [1.807, 2.05) is 48.5 Å². The molecule has 0 bridgehead atoms. The Morgan fingerprint density at radius 3 is 2.79 bits per heavy atom. The van der Waals surface area contributed by atoms with E-state index in [2.05, 4.69) is 27.2 Å². The third-order valence-corrected chi connectivity index (χ3v) is 3.86. The van der Waals surface area contributed by atoms with Crippen LogP contribution in [-0.4, -0.2) is 21.6 Å². The topological polar surface area (TPSA) is 62.8 Å². The Kier molecular flexibility index (Phi) is 3.75. The summed E-state index contributed by atoms with van der Waals surface area (Å²) in [6.07, 6.45) is 2.57. The van der Waals surface area contributed by atoms with Crippen LogP contribution < -0.4 is 10.1 Å². The SMILES string of the molecule is CCCOc1ccc2[nH]c3c(Nc4ccccc4)ncnc3c2c1. The van der Waals surface area contributed by atoms with Crippen molar-refractivity contribution in [3.8, 4) is 5.75 Å². The fraction of sp³-hybridized carbons (Fsp3) is 0.158. The lowest BCUT2D eigenvalue weighted by Crippen LogP contribution is -1.95. The lowest BCUT2D eigenvalue weighted by atomic mass is 10.2. The second-order valence-corrected chi connectivity index (χ2v) is 5.62. The van der Waals surface area contributed by atoms with E-state index in [9.17, 15) is 0 Å². The lowest BCUT2D eigenvalue weighted by Gasteiger charge is -2.05. The maximum absolute atomic E-state index is 5.73. The maximum atomic E-state index is 5.73. The first-order valence-electron chi connectivity index (χ1n) is 8.06. The smallest absolute Gasteiger partial charge is 0.158 e. The largest absolute Gasteiger partial charge is 0.494 e. The van der Waals surface area contributed by atoms with Crippen LogP contribution in [0.1, 0.15) is 13.3 Å². The minimum atomic E-state index is 0.712. The standard InChI is InChI=1S/C19H18N4O/c1-2-10-24-14-8-9-16-15(11-14)17-18(23-16)19(21-12-20-17)22-13-6-4-3-5-7-13/h3-9,11-12,23H,2,10H2,1H3,(H,20,21,22). The molecule has 0 radical (unpaired) electrons. The summed E-state index contributed by atoms with van der Waals surface area (Å²) >= 11 is 0. The molecule has 2 heterocycles. The number of aromatic nitrogens is 3. The zero-order valence-electron chi connectivity index (χ0n) is 13.4. The Bertz CT molecular complexity index is 979. The van der Waals surface area contributed by atoms with Gasteiger partial charge in [-0.25, -0.2) is 9.97 Å². The van der Waals surface area contributed by atoms with E-state index in [0.717, 1.165) is 45.6 Å². The van der Waals surface area contributed by atoms with Crippen LogP contribution in [0.15, 0.2) is 54.9 Å². The number of nitrogens with one attached hydrogen (secondary N) is 2. The van der Waals surface area contributed by atoms with Crippen molar-refractivity contribution in [1.29, 1.82) is 0 Å². The van der Waals surface area contributed by atoms with Gasteiger partial charge in [0.1, 0.15) is 23.1 Å². The van der Waals surface area contributed by atoms with Crippen LogP contribution in [0.3, 0.4) is 0 Å². The molecule has 0 aliphatic rings. The van der Waals surface area contributed by atoms with E-state index < -0.39 is 0 Å². The van der Waals surface area contributed by atoms with Gasteiger partial charge in [-0.05, 0) is 36.8 Å². The molecule has 0 saturated heterocycles. The van der Waals surface area contributed by atoms with Crippen molar-refractivity contribution in [2.24, 2.45) is 0 Å². The summed E-state index contributed by atoms with van der Waals surface area (Å²) in [4.78, 5) is 12.2. The minimum Gasteiger partial charge on any atom is -0.494 e. The highest BCUT2D eigenvalue weighted by atomic mass is 16.5. The van der Waals surface area contributed by atoms with E-state index in [-0.39, 0.29) is 0 Å². The molecule has 2 N–H and O–H groups in total. The van der Waals surface area contributed by atoms with Crippen molar-refractivity contribution >= 4 is 33.4 Å². The fourth-order valence-electron chi connectivity index (χ4n) is 2.73. The number of fused-ring (bicyclic) bond motifs is 3. The maximum Gasteiger partial charge on any atom is 0.158 e. The third kappa shape index (κ3) is 2.65. The average Bonchev–Trinajstić information content (AvgIpc) is 3.00. The van der Waals surface area contributed by atoms with Crippen molar-refractivity contribution in [2.45, 2.75) is 13.3 Å². The highest BCUT2D eigenvalue weighted by molar-refractivity contribution is 6.08. The monoisotopic (exact) mass is 318 g/mol. The molecule has 0 saturated carbocycles. The number of nitrogens with zero attached hydrogens (tertiary/aromatic N) is 2. The summed E-state index contributed by atoms with van der Waals surface area (Å²) in [5.74, 6) is 1.62. The van der Waals surface area contributed by atoms with Gasteiger partial charge in [0, 0.05) is 16.6 Å². The number of hydrogen-bond donors (Lipinski definition) is 2. The molecule has 4 aromatic rings. The molecule has 0 aliphatic heterocycles. The van der Waals surface area contributed by atoms with Gasteiger partial charge in [0.2, 0.25) is 0 Å².